The van der Waals surface area contributed by atoms with Crippen molar-refractivity contribution in [1.29, 1.82) is 0 Å². The number of ether oxygens (including phenoxy) is 1. The molecule has 0 aromatic heterocycles. The summed E-state index contributed by atoms with van der Waals surface area (Å²) >= 11 is 11.5. The van der Waals surface area contributed by atoms with Crippen molar-refractivity contribution < 1.29 is 14.3 Å². The fourth-order valence-electron chi connectivity index (χ4n) is 0.875. The van der Waals surface area contributed by atoms with Crippen LogP contribution in [0.1, 0.15) is 10.4 Å². The van der Waals surface area contributed by atoms with Crippen molar-refractivity contribution in [3.05, 3.63) is 33.8 Å². The Bertz CT molecular complexity index is 343. The monoisotopic (exact) mass is 232 g/mol. The fourth-order valence-corrected chi connectivity index (χ4v) is 1.43. The second-order valence-electron chi connectivity index (χ2n) is 2.36. The molecule has 0 aliphatic rings. The maximum absolute atomic E-state index is 11.3. The lowest BCUT2D eigenvalue weighted by molar-refractivity contribution is -0.110. The van der Waals surface area contributed by atoms with E-state index in [1.807, 2.05) is 0 Å². The molecule has 0 radical (unpaired) electrons. The van der Waals surface area contributed by atoms with E-state index < -0.39 is 5.97 Å². The van der Waals surface area contributed by atoms with E-state index in [0.29, 0.717) is 6.29 Å². The summed E-state index contributed by atoms with van der Waals surface area (Å²) in [5, 5.41) is 0.404. The zero-order valence-electron chi connectivity index (χ0n) is 7.00. The number of aldehydes is 1. The van der Waals surface area contributed by atoms with Crippen LogP contribution in [0.25, 0.3) is 0 Å². The topological polar surface area (TPSA) is 43.4 Å². The molecule has 0 aliphatic carbocycles. The molecule has 14 heavy (non-hydrogen) atoms. The average Bonchev–Trinajstić information content (AvgIpc) is 2.14. The molecule has 0 heterocycles. The summed E-state index contributed by atoms with van der Waals surface area (Å²) in [7, 11) is 0. The molecule has 0 atom stereocenters. The number of esters is 1. The van der Waals surface area contributed by atoms with Gasteiger partial charge in [-0.1, -0.05) is 29.3 Å². The van der Waals surface area contributed by atoms with Gasteiger partial charge in [-0.2, -0.15) is 0 Å². The van der Waals surface area contributed by atoms with Crippen molar-refractivity contribution >= 4 is 35.5 Å². The average molecular weight is 233 g/mol. The summed E-state index contributed by atoms with van der Waals surface area (Å²) in [4.78, 5) is 21.3. The zero-order chi connectivity index (χ0) is 10.6. The van der Waals surface area contributed by atoms with Crippen LogP contribution < -0.4 is 0 Å². The van der Waals surface area contributed by atoms with Crippen LogP contribution in [-0.4, -0.2) is 18.9 Å². The summed E-state index contributed by atoms with van der Waals surface area (Å²) in [6.07, 6.45) is 0.475. The van der Waals surface area contributed by atoms with Gasteiger partial charge in [0.05, 0.1) is 15.6 Å². The third-order valence-electron chi connectivity index (χ3n) is 1.45. The quantitative estimate of drug-likeness (QED) is 0.594. The third-order valence-corrected chi connectivity index (χ3v) is 2.08. The molecule has 0 unspecified atom stereocenters. The van der Waals surface area contributed by atoms with E-state index in [-0.39, 0.29) is 22.2 Å². The SMILES string of the molecule is O=CCOC(=O)c1c(Cl)cccc1Cl. The highest BCUT2D eigenvalue weighted by molar-refractivity contribution is 6.39. The minimum absolute atomic E-state index is 0.0812. The van der Waals surface area contributed by atoms with Gasteiger partial charge in [-0.3, -0.25) is 4.79 Å². The summed E-state index contributed by atoms with van der Waals surface area (Å²) < 4.78 is 4.56. The normalized spacial score (nSPS) is 9.57. The summed E-state index contributed by atoms with van der Waals surface area (Å²) in [6, 6.07) is 4.65. The number of halogens is 2. The molecule has 1 rings (SSSR count). The molecular formula is C9H6Cl2O3. The highest BCUT2D eigenvalue weighted by Crippen LogP contribution is 2.24. The van der Waals surface area contributed by atoms with E-state index >= 15 is 0 Å². The number of hydrogen-bond donors (Lipinski definition) is 0. The molecule has 0 saturated heterocycles. The molecule has 0 aliphatic heterocycles. The Morgan fingerprint density at radius 1 is 1.36 bits per heavy atom. The van der Waals surface area contributed by atoms with Crippen LogP contribution in [0.4, 0.5) is 0 Å². The van der Waals surface area contributed by atoms with Crippen LogP contribution in [0, 0.1) is 0 Å². The first-order valence-electron chi connectivity index (χ1n) is 3.71. The van der Waals surface area contributed by atoms with Crippen molar-refractivity contribution in [3.63, 3.8) is 0 Å². The van der Waals surface area contributed by atoms with Gasteiger partial charge in [-0.15, -0.1) is 0 Å². The van der Waals surface area contributed by atoms with E-state index in [4.69, 9.17) is 23.2 Å². The molecule has 1 aromatic rings. The molecule has 0 amide bonds. The highest BCUT2D eigenvalue weighted by Gasteiger charge is 2.15. The smallest absolute Gasteiger partial charge is 0.341 e. The molecule has 0 bridgehead atoms. The lowest BCUT2D eigenvalue weighted by Gasteiger charge is -2.04. The minimum atomic E-state index is -0.701. The Hall–Kier alpha value is -1.06. The Labute approximate surface area is 90.6 Å². The third kappa shape index (κ3) is 2.47. The Kier molecular flexibility index (Phi) is 3.92. The molecule has 3 nitrogen and oxygen atoms in total. The number of benzene rings is 1. The van der Waals surface area contributed by atoms with Crippen molar-refractivity contribution in [1.82, 2.24) is 0 Å². The van der Waals surface area contributed by atoms with Crippen LogP contribution in [0.5, 0.6) is 0 Å². The van der Waals surface area contributed by atoms with Gasteiger partial charge in [0.2, 0.25) is 0 Å². The molecule has 0 fully saturated rings. The number of rotatable bonds is 3. The standard InChI is InChI=1S/C9H6Cl2O3/c10-6-2-1-3-7(11)8(6)9(13)14-5-4-12/h1-4H,5H2. The van der Waals surface area contributed by atoms with Crippen LogP contribution >= 0.6 is 23.2 Å². The maximum Gasteiger partial charge on any atom is 0.341 e. The number of carbonyl (C=O) groups excluding carboxylic acids is 2. The van der Waals surface area contributed by atoms with Gasteiger partial charge in [0.25, 0.3) is 0 Å². The van der Waals surface area contributed by atoms with Crippen molar-refractivity contribution in [2.75, 3.05) is 6.61 Å². The lowest BCUT2D eigenvalue weighted by Crippen LogP contribution is -2.08. The molecule has 0 saturated carbocycles. The van der Waals surface area contributed by atoms with E-state index in [1.165, 1.54) is 12.1 Å². The zero-order valence-corrected chi connectivity index (χ0v) is 8.51. The number of carbonyl (C=O) groups is 2. The van der Waals surface area contributed by atoms with Gasteiger partial charge < -0.3 is 4.74 Å². The molecule has 74 valence electrons. The summed E-state index contributed by atoms with van der Waals surface area (Å²) in [5.41, 5.74) is 0.0812. The Morgan fingerprint density at radius 2 is 1.93 bits per heavy atom. The molecule has 0 spiro atoms. The molecular weight excluding hydrogens is 227 g/mol. The fraction of sp³-hybridized carbons (Fsp3) is 0.111. The van der Waals surface area contributed by atoms with Gasteiger partial charge in [0.1, 0.15) is 6.61 Å². The first-order valence-corrected chi connectivity index (χ1v) is 4.47. The van der Waals surface area contributed by atoms with E-state index in [1.54, 1.807) is 6.07 Å². The van der Waals surface area contributed by atoms with Gasteiger partial charge in [0.15, 0.2) is 6.29 Å². The second kappa shape index (κ2) is 4.98. The largest absolute Gasteiger partial charge is 0.454 e. The molecule has 5 heteroatoms. The van der Waals surface area contributed by atoms with Crippen LogP contribution in [0.3, 0.4) is 0 Å². The van der Waals surface area contributed by atoms with Gasteiger partial charge in [0, 0.05) is 0 Å². The predicted octanol–water partition coefficient (Wildman–Crippen LogP) is 2.35. The van der Waals surface area contributed by atoms with Crippen LogP contribution in [0.15, 0.2) is 18.2 Å². The van der Waals surface area contributed by atoms with E-state index in [9.17, 15) is 9.59 Å². The van der Waals surface area contributed by atoms with Crippen molar-refractivity contribution in [3.8, 4) is 0 Å². The van der Waals surface area contributed by atoms with Gasteiger partial charge in [-0.05, 0) is 12.1 Å². The molecule has 1 aromatic carbocycles. The highest BCUT2D eigenvalue weighted by atomic mass is 35.5. The summed E-state index contributed by atoms with van der Waals surface area (Å²) in [6.45, 7) is -0.305. The first kappa shape index (κ1) is 11.0. The Balaban J connectivity index is 2.94. The van der Waals surface area contributed by atoms with E-state index in [0.717, 1.165) is 0 Å². The molecule has 0 N–H and O–H groups in total. The van der Waals surface area contributed by atoms with Gasteiger partial charge >= 0.3 is 5.97 Å². The summed E-state index contributed by atoms with van der Waals surface area (Å²) in [5.74, 6) is -0.701. The van der Waals surface area contributed by atoms with Crippen molar-refractivity contribution in [2.24, 2.45) is 0 Å². The Morgan fingerprint density at radius 3 is 2.43 bits per heavy atom. The van der Waals surface area contributed by atoms with Gasteiger partial charge in [-0.25, -0.2) is 4.79 Å². The van der Waals surface area contributed by atoms with Crippen LogP contribution in [0.2, 0.25) is 10.0 Å². The minimum Gasteiger partial charge on any atom is -0.454 e. The van der Waals surface area contributed by atoms with Crippen molar-refractivity contribution in [2.45, 2.75) is 0 Å². The first-order chi connectivity index (χ1) is 6.66. The number of hydrogen-bond acceptors (Lipinski definition) is 3. The van der Waals surface area contributed by atoms with E-state index in [2.05, 4.69) is 4.74 Å². The predicted molar refractivity (Wildman–Crippen MR) is 52.8 cm³/mol. The lowest BCUT2D eigenvalue weighted by atomic mass is 10.2. The van der Waals surface area contributed by atoms with Crippen LogP contribution in [-0.2, 0) is 9.53 Å². The maximum atomic E-state index is 11.3. The second-order valence-corrected chi connectivity index (χ2v) is 3.18.